The van der Waals surface area contributed by atoms with Crippen LogP contribution in [0, 0.1) is 0 Å². The summed E-state index contributed by atoms with van der Waals surface area (Å²) >= 11 is 11.9. The van der Waals surface area contributed by atoms with E-state index in [2.05, 4.69) is 9.97 Å². The van der Waals surface area contributed by atoms with Crippen LogP contribution < -0.4 is 0 Å². The predicted octanol–water partition coefficient (Wildman–Crippen LogP) is 4.20. The van der Waals surface area contributed by atoms with E-state index in [1.807, 2.05) is 24.3 Å². The Morgan fingerprint density at radius 1 is 0.941 bits per heavy atom. The molecule has 0 spiro atoms. The van der Waals surface area contributed by atoms with E-state index >= 15 is 0 Å². The highest BCUT2D eigenvalue weighted by Crippen LogP contribution is 2.29. The third kappa shape index (κ3) is 1.88. The van der Waals surface area contributed by atoms with Crippen LogP contribution in [0.2, 0.25) is 10.2 Å². The molecule has 0 amide bonds. The third-order valence-corrected chi connectivity index (χ3v) is 2.82. The van der Waals surface area contributed by atoms with Gasteiger partial charge in [0.15, 0.2) is 5.58 Å². The Hall–Kier alpha value is -1.58. The largest absolute Gasteiger partial charge is 0.435 e. The molecule has 0 unspecified atom stereocenters. The van der Waals surface area contributed by atoms with Crippen molar-refractivity contribution in [2.45, 2.75) is 0 Å². The molecule has 3 nitrogen and oxygen atoms in total. The van der Waals surface area contributed by atoms with Crippen molar-refractivity contribution in [1.29, 1.82) is 0 Å². The van der Waals surface area contributed by atoms with Crippen LogP contribution in [-0.4, -0.2) is 9.97 Å². The molecule has 1 aromatic carbocycles. The lowest BCUT2D eigenvalue weighted by Gasteiger charge is -1.98. The topological polar surface area (TPSA) is 38.9 Å². The van der Waals surface area contributed by atoms with E-state index < -0.39 is 0 Å². The fourth-order valence-electron chi connectivity index (χ4n) is 1.54. The Balaban J connectivity index is 2.23. The van der Waals surface area contributed by atoms with Crippen LogP contribution in [-0.2, 0) is 0 Å². The second kappa shape index (κ2) is 4.02. The summed E-state index contributed by atoms with van der Waals surface area (Å²) in [5.41, 5.74) is 1.91. The minimum Gasteiger partial charge on any atom is -0.435 e. The molecule has 2 heterocycles. The van der Waals surface area contributed by atoms with Gasteiger partial charge in [-0.15, -0.1) is 0 Å². The number of halogens is 2. The average Bonchev–Trinajstić information content (AvgIpc) is 2.75. The van der Waals surface area contributed by atoms with Crippen LogP contribution in [0.1, 0.15) is 0 Å². The van der Waals surface area contributed by atoms with E-state index in [-0.39, 0.29) is 0 Å². The van der Waals surface area contributed by atoms with Gasteiger partial charge in [-0.1, -0.05) is 35.3 Å². The predicted molar refractivity (Wildman–Crippen MR) is 67.3 cm³/mol. The molecule has 0 bridgehead atoms. The molecule has 0 aliphatic rings. The van der Waals surface area contributed by atoms with Crippen molar-refractivity contribution in [2.75, 3.05) is 0 Å². The molecule has 0 saturated heterocycles. The number of benzene rings is 1. The maximum Gasteiger partial charge on any atom is 0.247 e. The summed E-state index contributed by atoms with van der Waals surface area (Å²) in [6, 6.07) is 10.8. The SMILES string of the molecule is Clc1ccc(Cl)c(-c2nc3ccccc3o2)n1. The normalized spacial score (nSPS) is 10.9. The quantitative estimate of drug-likeness (QED) is 0.619. The van der Waals surface area contributed by atoms with Gasteiger partial charge in [0.25, 0.3) is 0 Å². The molecule has 0 atom stereocenters. The molecule has 0 saturated carbocycles. The molecule has 84 valence electrons. The molecule has 17 heavy (non-hydrogen) atoms. The van der Waals surface area contributed by atoms with E-state index in [1.54, 1.807) is 12.1 Å². The highest BCUT2D eigenvalue weighted by Gasteiger charge is 2.13. The number of fused-ring (bicyclic) bond motifs is 1. The molecule has 0 N–H and O–H groups in total. The number of aromatic nitrogens is 2. The summed E-state index contributed by atoms with van der Waals surface area (Å²) in [5.74, 6) is 0.374. The molecule has 2 aromatic heterocycles. The first-order valence-corrected chi connectivity index (χ1v) is 5.67. The lowest BCUT2D eigenvalue weighted by Crippen LogP contribution is -1.85. The van der Waals surface area contributed by atoms with E-state index in [4.69, 9.17) is 27.6 Å². The Kier molecular flexibility index (Phi) is 2.50. The standard InChI is InChI=1S/C12H6Cl2N2O/c13-7-5-6-10(14)16-11(7)12-15-8-3-1-2-4-9(8)17-12/h1-6H. The second-order valence-corrected chi connectivity index (χ2v) is 4.25. The summed E-state index contributed by atoms with van der Waals surface area (Å²) in [6.45, 7) is 0. The zero-order chi connectivity index (χ0) is 11.8. The number of para-hydroxylation sites is 2. The van der Waals surface area contributed by atoms with Gasteiger partial charge in [0, 0.05) is 0 Å². The van der Waals surface area contributed by atoms with Gasteiger partial charge in [-0.05, 0) is 24.3 Å². The van der Waals surface area contributed by atoms with Crippen LogP contribution in [0.4, 0.5) is 0 Å². The van der Waals surface area contributed by atoms with Gasteiger partial charge in [0.1, 0.15) is 16.4 Å². The van der Waals surface area contributed by atoms with E-state index in [0.717, 1.165) is 5.52 Å². The van der Waals surface area contributed by atoms with Crippen LogP contribution in [0.3, 0.4) is 0 Å². The van der Waals surface area contributed by atoms with Crippen LogP contribution in [0.5, 0.6) is 0 Å². The van der Waals surface area contributed by atoms with Crippen molar-refractivity contribution in [3.05, 3.63) is 46.6 Å². The zero-order valence-electron chi connectivity index (χ0n) is 8.52. The second-order valence-electron chi connectivity index (χ2n) is 3.45. The molecule has 5 heteroatoms. The first kappa shape index (κ1) is 10.6. The minimum atomic E-state index is 0.353. The Morgan fingerprint density at radius 2 is 1.76 bits per heavy atom. The van der Waals surface area contributed by atoms with Crippen molar-refractivity contribution in [1.82, 2.24) is 9.97 Å². The lowest BCUT2D eigenvalue weighted by molar-refractivity contribution is 0.617. The fraction of sp³-hybridized carbons (Fsp3) is 0. The van der Waals surface area contributed by atoms with Gasteiger partial charge >= 0.3 is 0 Å². The number of rotatable bonds is 1. The molecule has 3 aromatic rings. The molecule has 3 rings (SSSR count). The Morgan fingerprint density at radius 3 is 2.59 bits per heavy atom. The first-order chi connectivity index (χ1) is 8.24. The maximum atomic E-state index is 6.04. The molecule has 0 aliphatic carbocycles. The zero-order valence-corrected chi connectivity index (χ0v) is 10.0. The highest BCUT2D eigenvalue weighted by atomic mass is 35.5. The molecular weight excluding hydrogens is 259 g/mol. The van der Waals surface area contributed by atoms with Crippen molar-refractivity contribution < 1.29 is 4.42 Å². The minimum absolute atomic E-state index is 0.353. The van der Waals surface area contributed by atoms with Crippen LogP contribution >= 0.6 is 23.2 Å². The van der Waals surface area contributed by atoms with Gasteiger partial charge in [-0.25, -0.2) is 9.97 Å². The van der Waals surface area contributed by atoms with Gasteiger partial charge in [0.2, 0.25) is 5.89 Å². The number of hydrogen-bond acceptors (Lipinski definition) is 3. The molecule has 0 radical (unpaired) electrons. The van der Waals surface area contributed by atoms with Gasteiger partial charge < -0.3 is 4.42 Å². The number of nitrogens with zero attached hydrogens (tertiary/aromatic N) is 2. The summed E-state index contributed by atoms with van der Waals surface area (Å²) < 4.78 is 5.57. The Bertz CT molecular complexity index is 661. The van der Waals surface area contributed by atoms with Gasteiger partial charge in [-0.2, -0.15) is 0 Å². The first-order valence-electron chi connectivity index (χ1n) is 4.92. The van der Waals surface area contributed by atoms with Crippen LogP contribution in [0.25, 0.3) is 22.7 Å². The van der Waals surface area contributed by atoms with Crippen LogP contribution in [0.15, 0.2) is 40.8 Å². The number of oxazole rings is 1. The molecule has 0 fully saturated rings. The van der Waals surface area contributed by atoms with Crippen molar-refractivity contribution in [3.8, 4) is 11.6 Å². The summed E-state index contributed by atoms with van der Waals surface area (Å²) in [4.78, 5) is 8.43. The maximum absolute atomic E-state index is 6.04. The molecule has 0 aliphatic heterocycles. The summed E-state index contributed by atoms with van der Waals surface area (Å²) in [5, 5.41) is 0.813. The number of pyridine rings is 1. The van der Waals surface area contributed by atoms with Gasteiger partial charge in [-0.3, -0.25) is 0 Å². The van der Waals surface area contributed by atoms with Gasteiger partial charge in [0.05, 0.1) is 5.02 Å². The van der Waals surface area contributed by atoms with Crippen molar-refractivity contribution in [3.63, 3.8) is 0 Å². The van der Waals surface area contributed by atoms with E-state index in [9.17, 15) is 0 Å². The highest BCUT2D eigenvalue weighted by molar-refractivity contribution is 6.34. The summed E-state index contributed by atoms with van der Waals surface area (Å²) in [7, 11) is 0. The lowest BCUT2D eigenvalue weighted by atomic mass is 10.3. The van der Waals surface area contributed by atoms with Crippen molar-refractivity contribution in [2.24, 2.45) is 0 Å². The average molecular weight is 265 g/mol. The number of hydrogen-bond donors (Lipinski definition) is 0. The third-order valence-electron chi connectivity index (χ3n) is 2.31. The van der Waals surface area contributed by atoms with E-state index in [0.29, 0.717) is 27.3 Å². The Labute approximate surface area is 107 Å². The van der Waals surface area contributed by atoms with Crippen molar-refractivity contribution >= 4 is 34.3 Å². The van der Waals surface area contributed by atoms with E-state index in [1.165, 1.54) is 0 Å². The fourth-order valence-corrected chi connectivity index (χ4v) is 1.88. The smallest absolute Gasteiger partial charge is 0.247 e. The molecular formula is C12H6Cl2N2O. The monoisotopic (exact) mass is 264 g/mol. The summed E-state index contributed by atoms with van der Waals surface area (Å²) in [6.07, 6.45) is 0.